The number of hydrogen-bond donors (Lipinski definition) is 3. The molecule has 28 heavy (non-hydrogen) atoms. The first-order valence-electron chi connectivity index (χ1n) is 9.57. The largest absolute Gasteiger partial charge is 0.508 e. The van der Waals surface area contributed by atoms with Gasteiger partial charge in [-0.1, -0.05) is 46.3 Å². The average Bonchev–Trinajstić information content (AvgIpc) is 3.20. The van der Waals surface area contributed by atoms with Gasteiger partial charge in [-0.15, -0.1) is 0 Å². The summed E-state index contributed by atoms with van der Waals surface area (Å²) in [5.74, 6) is 1.08. The molecule has 4 heteroatoms. The SMILES string of the molecule is Oc1ccc(Br)cc1C1Nc2ccc(Nc3ccccc3)cc2C2C=CCC21. The summed E-state index contributed by atoms with van der Waals surface area (Å²) in [6, 6.07) is 22.5. The maximum absolute atomic E-state index is 10.5. The van der Waals surface area contributed by atoms with E-state index in [1.165, 1.54) is 5.56 Å². The van der Waals surface area contributed by atoms with Crippen molar-refractivity contribution in [2.24, 2.45) is 5.92 Å². The summed E-state index contributed by atoms with van der Waals surface area (Å²) in [5, 5.41) is 17.7. The third kappa shape index (κ3) is 3.08. The zero-order valence-electron chi connectivity index (χ0n) is 15.3. The van der Waals surface area contributed by atoms with E-state index in [2.05, 4.69) is 69.0 Å². The molecule has 3 N–H and O–H groups in total. The maximum atomic E-state index is 10.5. The second-order valence-electron chi connectivity index (χ2n) is 7.47. The lowest BCUT2D eigenvalue weighted by Gasteiger charge is -2.38. The maximum Gasteiger partial charge on any atom is 0.120 e. The topological polar surface area (TPSA) is 44.3 Å². The molecule has 3 atom stereocenters. The summed E-state index contributed by atoms with van der Waals surface area (Å²) in [7, 11) is 0. The normalized spacial score (nSPS) is 22.2. The van der Waals surface area contributed by atoms with Gasteiger partial charge in [-0.05, 0) is 66.4 Å². The highest BCUT2D eigenvalue weighted by Gasteiger charge is 2.39. The van der Waals surface area contributed by atoms with Crippen LogP contribution in [-0.4, -0.2) is 5.11 Å². The lowest BCUT2D eigenvalue weighted by atomic mass is 9.76. The van der Waals surface area contributed by atoms with Crippen LogP contribution >= 0.6 is 15.9 Å². The molecule has 2 aliphatic rings. The van der Waals surface area contributed by atoms with Crippen LogP contribution in [-0.2, 0) is 0 Å². The molecule has 5 rings (SSSR count). The van der Waals surface area contributed by atoms with E-state index in [0.29, 0.717) is 17.6 Å². The Morgan fingerprint density at radius 2 is 1.79 bits per heavy atom. The quantitative estimate of drug-likeness (QED) is 0.402. The van der Waals surface area contributed by atoms with E-state index < -0.39 is 0 Å². The van der Waals surface area contributed by atoms with E-state index in [4.69, 9.17) is 0 Å². The summed E-state index contributed by atoms with van der Waals surface area (Å²) in [6.07, 6.45) is 5.59. The molecule has 0 spiro atoms. The molecule has 3 unspecified atom stereocenters. The van der Waals surface area contributed by atoms with E-state index in [0.717, 1.165) is 33.5 Å². The number of nitrogens with one attached hydrogen (secondary N) is 2. The second-order valence-corrected chi connectivity index (χ2v) is 8.39. The Morgan fingerprint density at radius 3 is 2.64 bits per heavy atom. The van der Waals surface area contributed by atoms with Crippen LogP contribution < -0.4 is 10.6 Å². The fourth-order valence-corrected chi connectivity index (χ4v) is 4.82. The molecule has 0 bridgehead atoms. The molecular weight excluding hydrogens is 412 g/mol. The van der Waals surface area contributed by atoms with Gasteiger partial charge in [0.1, 0.15) is 5.75 Å². The summed E-state index contributed by atoms with van der Waals surface area (Å²) >= 11 is 3.55. The predicted octanol–water partition coefficient (Wildman–Crippen LogP) is 6.72. The summed E-state index contributed by atoms with van der Waals surface area (Å²) in [4.78, 5) is 0. The fourth-order valence-electron chi connectivity index (χ4n) is 4.44. The van der Waals surface area contributed by atoms with E-state index in [1.807, 2.05) is 30.3 Å². The van der Waals surface area contributed by atoms with E-state index >= 15 is 0 Å². The zero-order chi connectivity index (χ0) is 19.1. The van der Waals surface area contributed by atoms with Crippen molar-refractivity contribution in [3.05, 3.63) is 94.5 Å². The number of para-hydroxylation sites is 1. The molecular formula is C24H21BrN2O. The predicted molar refractivity (Wildman–Crippen MR) is 118 cm³/mol. The van der Waals surface area contributed by atoms with Gasteiger partial charge in [-0.3, -0.25) is 0 Å². The van der Waals surface area contributed by atoms with Crippen LogP contribution in [0.25, 0.3) is 0 Å². The van der Waals surface area contributed by atoms with Crippen LogP contribution in [0.1, 0.15) is 29.5 Å². The number of hydrogen-bond acceptors (Lipinski definition) is 3. The highest BCUT2D eigenvalue weighted by atomic mass is 79.9. The van der Waals surface area contributed by atoms with Gasteiger partial charge in [-0.25, -0.2) is 0 Å². The molecule has 1 heterocycles. The lowest BCUT2D eigenvalue weighted by molar-refractivity contribution is 0.402. The van der Waals surface area contributed by atoms with Crippen LogP contribution in [0.15, 0.2) is 83.4 Å². The van der Waals surface area contributed by atoms with Gasteiger partial charge in [0.25, 0.3) is 0 Å². The molecule has 3 aromatic rings. The summed E-state index contributed by atoms with van der Waals surface area (Å²) in [5.41, 5.74) is 5.57. The molecule has 3 aromatic carbocycles. The molecule has 1 aliphatic heterocycles. The first-order valence-corrected chi connectivity index (χ1v) is 10.4. The minimum absolute atomic E-state index is 0.0814. The average molecular weight is 433 g/mol. The lowest BCUT2D eigenvalue weighted by Crippen LogP contribution is -2.29. The fraction of sp³-hybridized carbons (Fsp3) is 0.167. The van der Waals surface area contributed by atoms with Crippen molar-refractivity contribution < 1.29 is 5.11 Å². The number of fused-ring (bicyclic) bond motifs is 3. The summed E-state index contributed by atoms with van der Waals surface area (Å²) in [6.45, 7) is 0. The van der Waals surface area contributed by atoms with Crippen molar-refractivity contribution in [1.82, 2.24) is 0 Å². The number of benzene rings is 3. The van der Waals surface area contributed by atoms with Gasteiger partial charge in [0, 0.05) is 33.0 Å². The van der Waals surface area contributed by atoms with Gasteiger partial charge in [0.15, 0.2) is 0 Å². The van der Waals surface area contributed by atoms with Crippen LogP contribution in [0.5, 0.6) is 5.75 Å². The molecule has 0 amide bonds. The summed E-state index contributed by atoms with van der Waals surface area (Å²) < 4.78 is 0.984. The number of rotatable bonds is 3. The standard InChI is InChI=1S/C24H21BrN2O/c25-15-9-12-23(28)21(13-15)24-19-8-4-7-18(19)20-14-17(10-11-22(20)27-24)26-16-5-2-1-3-6-16/h1-7,9-14,18-19,24,26-28H,8H2. The minimum atomic E-state index is 0.0814. The van der Waals surface area contributed by atoms with Crippen molar-refractivity contribution in [3.63, 3.8) is 0 Å². The Hall–Kier alpha value is -2.72. The zero-order valence-corrected chi connectivity index (χ0v) is 16.9. The van der Waals surface area contributed by atoms with Gasteiger partial charge < -0.3 is 15.7 Å². The Kier molecular flexibility index (Phi) is 4.36. The Balaban J connectivity index is 1.51. The smallest absolute Gasteiger partial charge is 0.120 e. The van der Waals surface area contributed by atoms with Crippen LogP contribution in [0, 0.1) is 5.92 Å². The van der Waals surface area contributed by atoms with Gasteiger partial charge in [0.2, 0.25) is 0 Å². The van der Waals surface area contributed by atoms with Crippen LogP contribution in [0.2, 0.25) is 0 Å². The van der Waals surface area contributed by atoms with E-state index in [1.54, 1.807) is 6.07 Å². The highest BCUT2D eigenvalue weighted by molar-refractivity contribution is 9.10. The van der Waals surface area contributed by atoms with E-state index in [-0.39, 0.29) is 6.04 Å². The van der Waals surface area contributed by atoms with Crippen molar-refractivity contribution in [2.45, 2.75) is 18.4 Å². The number of aromatic hydroxyl groups is 1. The number of halogens is 1. The Labute approximate surface area is 173 Å². The van der Waals surface area contributed by atoms with Gasteiger partial charge >= 0.3 is 0 Å². The van der Waals surface area contributed by atoms with Crippen LogP contribution in [0.4, 0.5) is 17.1 Å². The molecule has 0 saturated carbocycles. The minimum Gasteiger partial charge on any atom is -0.508 e. The molecule has 1 aliphatic carbocycles. The van der Waals surface area contributed by atoms with Crippen molar-refractivity contribution in [1.29, 1.82) is 0 Å². The first kappa shape index (κ1) is 17.4. The number of allylic oxidation sites excluding steroid dienone is 2. The number of phenols is 1. The Morgan fingerprint density at radius 1 is 0.929 bits per heavy atom. The van der Waals surface area contributed by atoms with Crippen molar-refractivity contribution in [2.75, 3.05) is 10.6 Å². The van der Waals surface area contributed by atoms with Gasteiger partial charge in [0.05, 0.1) is 6.04 Å². The molecule has 3 nitrogen and oxygen atoms in total. The number of anilines is 3. The third-order valence-electron chi connectivity index (χ3n) is 5.75. The highest BCUT2D eigenvalue weighted by Crippen LogP contribution is 2.51. The van der Waals surface area contributed by atoms with E-state index in [9.17, 15) is 5.11 Å². The van der Waals surface area contributed by atoms with Crippen LogP contribution in [0.3, 0.4) is 0 Å². The molecule has 0 aromatic heterocycles. The molecule has 0 saturated heterocycles. The number of phenolic OH excluding ortho intramolecular Hbond substituents is 1. The van der Waals surface area contributed by atoms with Gasteiger partial charge in [-0.2, -0.15) is 0 Å². The van der Waals surface area contributed by atoms with Crippen molar-refractivity contribution in [3.8, 4) is 5.75 Å². The van der Waals surface area contributed by atoms with Crippen molar-refractivity contribution >= 4 is 33.0 Å². The second kappa shape index (κ2) is 7.02. The Bertz CT molecular complexity index is 1050. The molecule has 140 valence electrons. The third-order valence-corrected chi connectivity index (χ3v) is 6.24. The monoisotopic (exact) mass is 432 g/mol. The first-order chi connectivity index (χ1) is 13.7. The molecule has 0 radical (unpaired) electrons. The molecule has 0 fully saturated rings.